The van der Waals surface area contributed by atoms with Crippen molar-refractivity contribution in [3.05, 3.63) is 77.6 Å². The summed E-state index contributed by atoms with van der Waals surface area (Å²) in [5.41, 5.74) is 1.19. The van der Waals surface area contributed by atoms with E-state index in [1.807, 2.05) is 30.3 Å². The number of halogens is 1. The summed E-state index contributed by atoms with van der Waals surface area (Å²) in [5, 5.41) is 0.428. The lowest BCUT2D eigenvalue weighted by Gasteiger charge is -2.22. The van der Waals surface area contributed by atoms with Crippen LogP contribution in [0.1, 0.15) is 11.3 Å². The molecular formula is C16H14ClN3O. The lowest BCUT2D eigenvalue weighted by Crippen LogP contribution is -2.23. The lowest BCUT2D eigenvalue weighted by molar-refractivity contribution is 0.500. The van der Waals surface area contributed by atoms with Gasteiger partial charge in [0.25, 0.3) is 0 Å². The highest BCUT2D eigenvalue weighted by molar-refractivity contribution is 6.29. The molecule has 0 radical (unpaired) electrons. The largest absolute Gasteiger partial charge is 0.467 e. The van der Waals surface area contributed by atoms with E-state index in [4.69, 9.17) is 16.0 Å². The Morgan fingerprint density at radius 2 is 1.86 bits per heavy atom. The van der Waals surface area contributed by atoms with E-state index in [-0.39, 0.29) is 0 Å². The molecule has 2 aromatic heterocycles. The van der Waals surface area contributed by atoms with Crippen LogP contribution in [0.3, 0.4) is 0 Å². The zero-order valence-corrected chi connectivity index (χ0v) is 12.1. The van der Waals surface area contributed by atoms with Crippen LogP contribution >= 0.6 is 11.6 Å². The third kappa shape index (κ3) is 3.61. The average Bonchev–Trinajstić information content (AvgIpc) is 3.01. The number of nitrogens with zero attached hydrogens (tertiary/aromatic N) is 3. The first kappa shape index (κ1) is 13.6. The zero-order chi connectivity index (χ0) is 14.5. The Balaban J connectivity index is 1.87. The minimum absolute atomic E-state index is 0.428. The van der Waals surface area contributed by atoms with Gasteiger partial charge >= 0.3 is 0 Å². The van der Waals surface area contributed by atoms with Crippen LogP contribution in [0.4, 0.5) is 5.82 Å². The molecule has 0 spiro atoms. The predicted molar refractivity (Wildman–Crippen MR) is 82.1 cm³/mol. The van der Waals surface area contributed by atoms with E-state index in [9.17, 15) is 0 Å². The maximum absolute atomic E-state index is 5.97. The van der Waals surface area contributed by atoms with Gasteiger partial charge in [-0.05, 0) is 17.7 Å². The van der Waals surface area contributed by atoms with Crippen molar-refractivity contribution in [3.8, 4) is 0 Å². The molecule has 3 aromatic rings. The van der Waals surface area contributed by atoms with Crippen LogP contribution in [-0.2, 0) is 13.1 Å². The minimum atomic E-state index is 0.428. The number of aromatic nitrogens is 2. The van der Waals surface area contributed by atoms with Gasteiger partial charge in [-0.1, -0.05) is 41.9 Å². The molecule has 0 aliphatic heterocycles. The van der Waals surface area contributed by atoms with Gasteiger partial charge < -0.3 is 9.32 Å². The van der Waals surface area contributed by atoms with Crippen molar-refractivity contribution in [1.29, 1.82) is 0 Å². The van der Waals surface area contributed by atoms with Crippen molar-refractivity contribution in [1.82, 2.24) is 9.97 Å². The minimum Gasteiger partial charge on any atom is -0.467 e. The third-order valence-corrected chi connectivity index (χ3v) is 3.29. The van der Waals surface area contributed by atoms with Gasteiger partial charge in [0.05, 0.1) is 12.8 Å². The van der Waals surface area contributed by atoms with Gasteiger partial charge in [-0.15, -0.1) is 0 Å². The second-order valence-electron chi connectivity index (χ2n) is 4.62. The molecule has 4 nitrogen and oxygen atoms in total. The molecular weight excluding hydrogens is 286 g/mol. The van der Waals surface area contributed by atoms with Crippen molar-refractivity contribution < 1.29 is 4.42 Å². The summed E-state index contributed by atoms with van der Waals surface area (Å²) in [5.74, 6) is 1.65. The molecule has 0 aliphatic rings. The number of hydrogen-bond acceptors (Lipinski definition) is 4. The van der Waals surface area contributed by atoms with Crippen LogP contribution in [0.5, 0.6) is 0 Å². The van der Waals surface area contributed by atoms with Gasteiger partial charge in [-0.3, -0.25) is 0 Å². The Bertz CT molecular complexity index is 686. The fourth-order valence-electron chi connectivity index (χ4n) is 2.11. The van der Waals surface area contributed by atoms with Crippen molar-refractivity contribution >= 4 is 17.4 Å². The van der Waals surface area contributed by atoms with Crippen molar-refractivity contribution in [2.45, 2.75) is 13.1 Å². The molecule has 0 fully saturated rings. The molecule has 0 unspecified atom stereocenters. The number of furan rings is 1. The molecule has 0 saturated heterocycles. The fraction of sp³-hybridized carbons (Fsp3) is 0.125. The summed E-state index contributed by atoms with van der Waals surface area (Å²) >= 11 is 5.97. The standard InChI is InChI=1S/C16H14ClN3O/c17-15-9-16(19-12-18-15)20(11-14-7-4-8-21-14)10-13-5-2-1-3-6-13/h1-9,12H,10-11H2. The van der Waals surface area contributed by atoms with Crippen molar-refractivity contribution in [2.75, 3.05) is 4.90 Å². The summed E-state index contributed by atoms with van der Waals surface area (Å²) in [7, 11) is 0. The number of rotatable bonds is 5. The van der Waals surface area contributed by atoms with Crippen LogP contribution in [-0.4, -0.2) is 9.97 Å². The Hall–Kier alpha value is -2.33. The Kier molecular flexibility index (Phi) is 4.17. The molecule has 0 saturated carbocycles. The van der Waals surface area contributed by atoms with E-state index >= 15 is 0 Å². The summed E-state index contributed by atoms with van der Waals surface area (Å²) in [6, 6.07) is 15.8. The smallest absolute Gasteiger partial charge is 0.134 e. The van der Waals surface area contributed by atoms with Gasteiger partial charge in [0.15, 0.2) is 0 Å². The molecule has 0 atom stereocenters. The second-order valence-corrected chi connectivity index (χ2v) is 5.01. The van der Waals surface area contributed by atoms with E-state index in [1.165, 1.54) is 11.9 Å². The molecule has 0 N–H and O–H groups in total. The van der Waals surface area contributed by atoms with Crippen molar-refractivity contribution in [2.24, 2.45) is 0 Å². The molecule has 0 amide bonds. The second kappa shape index (κ2) is 6.41. The van der Waals surface area contributed by atoms with Crippen molar-refractivity contribution in [3.63, 3.8) is 0 Å². The SMILES string of the molecule is Clc1cc(N(Cc2ccccc2)Cc2ccco2)ncn1. The Labute approximate surface area is 128 Å². The first-order valence-electron chi connectivity index (χ1n) is 6.60. The van der Waals surface area contributed by atoms with E-state index in [0.717, 1.165) is 18.1 Å². The maximum atomic E-state index is 5.97. The van der Waals surface area contributed by atoms with Crippen LogP contribution in [0, 0.1) is 0 Å². The van der Waals surface area contributed by atoms with Gasteiger partial charge in [0, 0.05) is 12.6 Å². The zero-order valence-electron chi connectivity index (χ0n) is 11.3. The van der Waals surface area contributed by atoms with Gasteiger partial charge in [0.1, 0.15) is 23.1 Å². The van der Waals surface area contributed by atoms with Crippen LogP contribution in [0.25, 0.3) is 0 Å². The molecule has 106 valence electrons. The topological polar surface area (TPSA) is 42.2 Å². The fourth-order valence-corrected chi connectivity index (χ4v) is 2.25. The lowest BCUT2D eigenvalue weighted by atomic mass is 10.2. The monoisotopic (exact) mass is 299 g/mol. The van der Waals surface area contributed by atoms with Crippen LogP contribution in [0.15, 0.2) is 65.5 Å². The molecule has 2 heterocycles. The highest BCUT2D eigenvalue weighted by Crippen LogP contribution is 2.20. The molecule has 5 heteroatoms. The molecule has 0 bridgehead atoms. The van der Waals surface area contributed by atoms with Gasteiger partial charge in [-0.25, -0.2) is 9.97 Å². The predicted octanol–water partition coefficient (Wildman–Crippen LogP) is 3.93. The summed E-state index contributed by atoms with van der Waals surface area (Å²) < 4.78 is 5.44. The maximum Gasteiger partial charge on any atom is 0.134 e. The average molecular weight is 300 g/mol. The highest BCUT2D eigenvalue weighted by atomic mass is 35.5. The van der Waals surface area contributed by atoms with Gasteiger partial charge in [0.2, 0.25) is 0 Å². The van der Waals surface area contributed by atoms with E-state index in [1.54, 1.807) is 12.3 Å². The first-order valence-corrected chi connectivity index (χ1v) is 6.98. The Morgan fingerprint density at radius 1 is 1.00 bits per heavy atom. The molecule has 0 aliphatic carbocycles. The van der Waals surface area contributed by atoms with Gasteiger partial charge in [-0.2, -0.15) is 0 Å². The molecule has 1 aromatic carbocycles. The number of anilines is 1. The molecule has 3 rings (SSSR count). The van der Waals surface area contributed by atoms with E-state index in [0.29, 0.717) is 11.7 Å². The number of benzene rings is 1. The summed E-state index contributed by atoms with van der Waals surface area (Å²) in [6.45, 7) is 1.34. The Morgan fingerprint density at radius 3 is 2.57 bits per heavy atom. The summed E-state index contributed by atoms with van der Waals surface area (Å²) in [6.07, 6.45) is 3.14. The van der Waals surface area contributed by atoms with Crippen LogP contribution < -0.4 is 4.90 Å². The normalized spacial score (nSPS) is 10.5. The first-order chi connectivity index (χ1) is 10.3. The van der Waals surface area contributed by atoms with E-state index in [2.05, 4.69) is 27.0 Å². The quantitative estimate of drug-likeness (QED) is 0.669. The number of hydrogen-bond donors (Lipinski definition) is 0. The molecule has 21 heavy (non-hydrogen) atoms. The highest BCUT2D eigenvalue weighted by Gasteiger charge is 2.12. The summed E-state index contributed by atoms with van der Waals surface area (Å²) in [4.78, 5) is 10.3. The van der Waals surface area contributed by atoms with Crippen LogP contribution in [0.2, 0.25) is 5.15 Å². The third-order valence-electron chi connectivity index (χ3n) is 3.09. The van der Waals surface area contributed by atoms with E-state index < -0.39 is 0 Å².